The highest BCUT2D eigenvalue weighted by Crippen LogP contribution is 2.25. The molecule has 0 bridgehead atoms. The lowest BCUT2D eigenvalue weighted by Gasteiger charge is -2.07. The Morgan fingerprint density at radius 2 is 1.86 bits per heavy atom. The first kappa shape index (κ1) is 17.3. The number of aliphatic carboxylic acids is 1. The molecule has 0 atom stereocenters. The minimum Gasteiger partial charge on any atom is -0.491 e. The van der Waals surface area contributed by atoms with E-state index in [1.54, 1.807) is 6.07 Å². The van der Waals surface area contributed by atoms with Crippen molar-refractivity contribution in [2.75, 3.05) is 33.0 Å². The molecule has 1 aromatic rings. The van der Waals surface area contributed by atoms with Crippen molar-refractivity contribution in [2.45, 2.75) is 0 Å². The molecule has 0 spiro atoms. The van der Waals surface area contributed by atoms with E-state index in [0.29, 0.717) is 10.2 Å². The van der Waals surface area contributed by atoms with Gasteiger partial charge in [-0.2, -0.15) is 0 Å². The fraction of sp³-hybridized carbons (Fsp3) is 0.417. The summed E-state index contributed by atoms with van der Waals surface area (Å²) in [7, 11) is 0. The van der Waals surface area contributed by atoms with Crippen molar-refractivity contribution < 1.29 is 29.0 Å². The van der Waals surface area contributed by atoms with Crippen molar-refractivity contribution in [1.82, 2.24) is 0 Å². The molecule has 21 heavy (non-hydrogen) atoms. The third-order valence-corrected chi connectivity index (χ3v) is 2.62. The molecular weight excluding hydrogens is 350 g/mol. The van der Waals surface area contributed by atoms with E-state index in [4.69, 9.17) is 19.3 Å². The van der Waals surface area contributed by atoms with Gasteiger partial charge in [-0.05, 0) is 6.07 Å². The lowest BCUT2D eigenvalue weighted by molar-refractivity contribution is -0.385. The van der Waals surface area contributed by atoms with Crippen LogP contribution in [0.2, 0.25) is 0 Å². The molecular formula is C12H14BrNO7. The molecule has 1 aromatic carbocycles. The number of rotatable bonds is 10. The highest BCUT2D eigenvalue weighted by molar-refractivity contribution is 9.10. The maximum Gasteiger partial charge on any atom is 0.329 e. The number of ether oxygens (including phenoxy) is 3. The fourth-order valence-electron chi connectivity index (χ4n) is 1.33. The second-order valence-electron chi connectivity index (χ2n) is 3.81. The van der Waals surface area contributed by atoms with Gasteiger partial charge in [-0.1, -0.05) is 15.9 Å². The van der Waals surface area contributed by atoms with Gasteiger partial charge >= 0.3 is 5.97 Å². The first-order valence-corrected chi connectivity index (χ1v) is 6.73. The van der Waals surface area contributed by atoms with Crippen molar-refractivity contribution in [1.29, 1.82) is 0 Å². The Bertz CT molecular complexity index is 494. The number of nitrogens with zero attached hydrogens (tertiary/aromatic N) is 1. The van der Waals surface area contributed by atoms with Gasteiger partial charge in [-0.15, -0.1) is 0 Å². The second-order valence-corrected chi connectivity index (χ2v) is 4.73. The van der Waals surface area contributed by atoms with Gasteiger partial charge in [0.25, 0.3) is 5.69 Å². The van der Waals surface area contributed by atoms with Gasteiger partial charge < -0.3 is 19.3 Å². The minimum atomic E-state index is -1.03. The Kier molecular flexibility index (Phi) is 7.65. The van der Waals surface area contributed by atoms with Gasteiger partial charge in [0.15, 0.2) is 0 Å². The van der Waals surface area contributed by atoms with E-state index < -0.39 is 10.9 Å². The predicted octanol–water partition coefficient (Wildman–Crippen LogP) is 1.85. The third kappa shape index (κ3) is 7.59. The number of hydrogen-bond donors (Lipinski definition) is 1. The molecule has 1 N–H and O–H groups in total. The normalized spacial score (nSPS) is 10.3. The minimum absolute atomic E-state index is 0.0673. The standard InChI is InChI=1S/C12H14BrNO7/c13-9-5-10(14(17)18)7-11(6-9)21-4-3-19-1-2-20-8-12(15)16/h5-7H,1-4,8H2,(H,15,16). The van der Waals surface area contributed by atoms with Crippen LogP contribution in [0.5, 0.6) is 5.75 Å². The number of hydrogen-bond acceptors (Lipinski definition) is 6. The average molecular weight is 364 g/mol. The number of carbonyl (C=O) groups is 1. The Labute approximate surface area is 128 Å². The predicted molar refractivity (Wildman–Crippen MR) is 75.6 cm³/mol. The molecule has 0 aromatic heterocycles. The van der Waals surface area contributed by atoms with Crippen LogP contribution in [0.25, 0.3) is 0 Å². The summed E-state index contributed by atoms with van der Waals surface area (Å²) < 4.78 is 15.8. The van der Waals surface area contributed by atoms with E-state index >= 15 is 0 Å². The van der Waals surface area contributed by atoms with Gasteiger partial charge in [0, 0.05) is 10.5 Å². The monoisotopic (exact) mass is 363 g/mol. The molecule has 8 nitrogen and oxygen atoms in total. The number of halogens is 1. The molecule has 0 saturated heterocycles. The van der Waals surface area contributed by atoms with Gasteiger partial charge in [-0.3, -0.25) is 10.1 Å². The van der Waals surface area contributed by atoms with Crippen LogP contribution in [-0.4, -0.2) is 49.0 Å². The highest BCUT2D eigenvalue weighted by Gasteiger charge is 2.09. The van der Waals surface area contributed by atoms with Crippen LogP contribution >= 0.6 is 15.9 Å². The third-order valence-electron chi connectivity index (χ3n) is 2.16. The zero-order chi connectivity index (χ0) is 15.7. The van der Waals surface area contributed by atoms with Crippen LogP contribution in [0, 0.1) is 10.1 Å². The zero-order valence-electron chi connectivity index (χ0n) is 11.0. The second kappa shape index (κ2) is 9.27. The first-order valence-electron chi connectivity index (χ1n) is 5.94. The molecule has 0 unspecified atom stereocenters. The molecule has 0 fully saturated rings. The first-order chi connectivity index (χ1) is 9.99. The maximum absolute atomic E-state index is 10.7. The van der Waals surface area contributed by atoms with Crippen LogP contribution in [0.15, 0.2) is 22.7 Å². The van der Waals surface area contributed by atoms with Crippen LogP contribution in [0.3, 0.4) is 0 Å². The Balaban J connectivity index is 2.21. The molecule has 0 aliphatic carbocycles. The van der Waals surface area contributed by atoms with E-state index in [9.17, 15) is 14.9 Å². The van der Waals surface area contributed by atoms with Crippen LogP contribution in [0.1, 0.15) is 0 Å². The molecule has 0 saturated carbocycles. The van der Waals surface area contributed by atoms with Crippen molar-refractivity contribution in [3.8, 4) is 5.75 Å². The summed E-state index contributed by atoms with van der Waals surface area (Å²) in [4.78, 5) is 20.3. The Morgan fingerprint density at radius 1 is 1.19 bits per heavy atom. The number of non-ortho nitro benzene ring substituents is 1. The number of nitro benzene ring substituents is 1. The summed E-state index contributed by atoms with van der Waals surface area (Å²) in [5.74, 6) is -0.670. The van der Waals surface area contributed by atoms with E-state index in [2.05, 4.69) is 15.9 Å². The molecule has 116 valence electrons. The van der Waals surface area contributed by atoms with E-state index in [-0.39, 0.29) is 38.7 Å². The lowest BCUT2D eigenvalue weighted by Crippen LogP contribution is -2.13. The molecule has 0 radical (unpaired) electrons. The van der Waals surface area contributed by atoms with Crippen molar-refractivity contribution in [3.63, 3.8) is 0 Å². The molecule has 0 aliphatic heterocycles. The average Bonchev–Trinajstić information content (AvgIpc) is 2.40. The van der Waals surface area contributed by atoms with E-state index in [0.717, 1.165) is 0 Å². The summed E-state index contributed by atoms with van der Waals surface area (Å²) in [6, 6.07) is 4.31. The molecule has 0 heterocycles. The maximum atomic E-state index is 10.7. The van der Waals surface area contributed by atoms with Crippen molar-refractivity contribution >= 4 is 27.6 Å². The van der Waals surface area contributed by atoms with Crippen LogP contribution < -0.4 is 4.74 Å². The smallest absolute Gasteiger partial charge is 0.329 e. The number of nitro groups is 1. The van der Waals surface area contributed by atoms with E-state index in [1.165, 1.54) is 12.1 Å². The van der Waals surface area contributed by atoms with Crippen LogP contribution in [-0.2, 0) is 14.3 Å². The summed E-state index contributed by atoms with van der Waals surface area (Å²) in [5.41, 5.74) is -0.0673. The van der Waals surface area contributed by atoms with Crippen LogP contribution in [0.4, 0.5) is 5.69 Å². The fourth-order valence-corrected chi connectivity index (χ4v) is 1.79. The highest BCUT2D eigenvalue weighted by atomic mass is 79.9. The summed E-state index contributed by atoms with van der Waals surface area (Å²) in [5, 5.41) is 19.0. The summed E-state index contributed by atoms with van der Waals surface area (Å²) in [6.07, 6.45) is 0. The van der Waals surface area contributed by atoms with Gasteiger partial charge in [-0.25, -0.2) is 4.79 Å². The molecule has 0 aliphatic rings. The van der Waals surface area contributed by atoms with Gasteiger partial charge in [0.1, 0.15) is 19.0 Å². The topological polar surface area (TPSA) is 108 Å². The SMILES string of the molecule is O=C(O)COCCOCCOc1cc(Br)cc([N+](=O)[O-])c1. The quantitative estimate of drug-likeness (QED) is 0.383. The lowest BCUT2D eigenvalue weighted by atomic mass is 10.3. The molecule has 9 heteroatoms. The molecule has 0 amide bonds. The number of carboxylic acids is 1. The summed E-state index contributed by atoms with van der Waals surface area (Å²) in [6.45, 7) is 0.536. The Hall–Kier alpha value is -1.71. The van der Waals surface area contributed by atoms with Gasteiger partial charge in [0.2, 0.25) is 0 Å². The molecule has 1 rings (SSSR count). The number of benzene rings is 1. The largest absolute Gasteiger partial charge is 0.491 e. The van der Waals surface area contributed by atoms with Gasteiger partial charge in [0.05, 0.1) is 30.8 Å². The van der Waals surface area contributed by atoms with Crippen molar-refractivity contribution in [2.24, 2.45) is 0 Å². The summed E-state index contributed by atoms with van der Waals surface area (Å²) >= 11 is 3.16. The zero-order valence-corrected chi connectivity index (χ0v) is 12.6. The Morgan fingerprint density at radius 3 is 2.52 bits per heavy atom. The van der Waals surface area contributed by atoms with Crippen molar-refractivity contribution in [3.05, 3.63) is 32.8 Å². The van der Waals surface area contributed by atoms with E-state index in [1.807, 2.05) is 0 Å². The number of carboxylic acid groups (broad SMARTS) is 1.